The molecule has 4 rings (SSSR count). The van der Waals surface area contributed by atoms with Gasteiger partial charge in [-0.1, -0.05) is 36.9 Å². The maximum Gasteiger partial charge on any atom is 0.431 e. The molecule has 2 aliphatic rings. The van der Waals surface area contributed by atoms with Gasteiger partial charge in [-0.15, -0.1) is 5.10 Å². The molecule has 32 heavy (non-hydrogen) atoms. The van der Waals surface area contributed by atoms with E-state index in [1.807, 2.05) is 35.2 Å². The van der Waals surface area contributed by atoms with Crippen LogP contribution < -0.4 is 10.2 Å². The minimum Gasteiger partial charge on any atom is -0.341 e. The van der Waals surface area contributed by atoms with Gasteiger partial charge < -0.3 is 10.2 Å². The van der Waals surface area contributed by atoms with Gasteiger partial charge in [-0.3, -0.25) is 0 Å². The van der Waals surface area contributed by atoms with Gasteiger partial charge in [0.15, 0.2) is 0 Å². The quantitative estimate of drug-likeness (QED) is 0.602. The first-order valence-corrected chi connectivity index (χ1v) is 10.5. The summed E-state index contributed by atoms with van der Waals surface area (Å²) in [5.41, 5.74) is 1.74. The van der Waals surface area contributed by atoms with Crippen LogP contribution in [-0.2, 0) is 6.54 Å². The Morgan fingerprint density at radius 3 is 2.41 bits per heavy atom. The number of rotatable bonds is 6. The number of hydrogen-bond acceptors (Lipinski definition) is 4. The Bertz CT molecular complexity index is 1040. The molecule has 1 N–H and O–H groups in total. The van der Waals surface area contributed by atoms with Gasteiger partial charge in [-0.25, -0.2) is 4.39 Å². The molecule has 2 heterocycles. The highest BCUT2D eigenvalue weighted by atomic mass is 19.4. The highest BCUT2D eigenvalue weighted by Gasteiger charge is 2.39. The highest BCUT2D eigenvalue weighted by molar-refractivity contribution is 6.16. The van der Waals surface area contributed by atoms with Crippen LogP contribution in [0, 0.1) is 11.7 Å². The third-order valence-corrected chi connectivity index (χ3v) is 5.89. The molecular formula is C24H24F4N4. The van der Waals surface area contributed by atoms with Crippen LogP contribution in [0.2, 0.25) is 0 Å². The minimum absolute atomic E-state index is 0.113. The lowest BCUT2D eigenvalue weighted by Crippen LogP contribution is -2.34. The summed E-state index contributed by atoms with van der Waals surface area (Å²) in [6.45, 7) is 6.43. The zero-order valence-electron chi connectivity index (χ0n) is 17.5. The van der Waals surface area contributed by atoms with Gasteiger partial charge in [0, 0.05) is 34.9 Å². The van der Waals surface area contributed by atoms with Crippen LogP contribution in [0.15, 0.2) is 71.0 Å². The van der Waals surface area contributed by atoms with Crippen LogP contribution in [-0.4, -0.2) is 30.7 Å². The Kier molecular flexibility index (Phi) is 6.41. The largest absolute Gasteiger partial charge is 0.431 e. The average Bonchev–Trinajstić information content (AvgIpc) is 3.30. The molecule has 0 radical (unpaired) electrons. The number of alkyl halides is 3. The number of anilines is 1. The van der Waals surface area contributed by atoms with Crippen LogP contribution >= 0.6 is 0 Å². The number of allylic oxidation sites excluding steroid dienone is 1. The Morgan fingerprint density at radius 2 is 1.78 bits per heavy atom. The molecule has 0 aliphatic carbocycles. The highest BCUT2D eigenvalue weighted by Crippen LogP contribution is 2.31. The first-order chi connectivity index (χ1) is 15.3. The molecular weight excluding hydrogens is 420 g/mol. The molecule has 0 amide bonds. The number of benzene rings is 2. The summed E-state index contributed by atoms with van der Waals surface area (Å²) in [6, 6.07) is 14.1. The molecule has 0 aromatic heterocycles. The predicted octanol–water partition coefficient (Wildman–Crippen LogP) is 5.46. The summed E-state index contributed by atoms with van der Waals surface area (Å²) < 4.78 is 53.5. The number of halogens is 4. The summed E-state index contributed by atoms with van der Waals surface area (Å²) in [4.78, 5) is 2.02. The van der Waals surface area contributed by atoms with Crippen molar-refractivity contribution in [3.8, 4) is 0 Å². The monoisotopic (exact) mass is 444 g/mol. The SMILES string of the molecule is C=C(C1CCNCC1)N(Cc1ccc(C2=NN=C(C(F)(F)F)C2)cc1F)c1ccccc1. The normalized spacial score (nSPS) is 17.1. The third-order valence-electron chi connectivity index (χ3n) is 5.89. The van der Waals surface area contributed by atoms with Gasteiger partial charge in [-0.2, -0.15) is 18.3 Å². The van der Waals surface area contributed by atoms with Crippen molar-refractivity contribution in [3.63, 3.8) is 0 Å². The van der Waals surface area contributed by atoms with Crippen molar-refractivity contribution in [2.75, 3.05) is 18.0 Å². The van der Waals surface area contributed by atoms with E-state index in [0.29, 0.717) is 17.0 Å². The van der Waals surface area contributed by atoms with E-state index in [1.54, 1.807) is 12.1 Å². The van der Waals surface area contributed by atoms with Gasteiger partial charge in [0.05, 0.1) is 12.3 Å². The summed E-state index contributed by atoms with van der Waals surface area (Å²) in [5, 5.41) is 10.2. The molecule has 4 nitrogen and oxygen atoms in total. The Hall–Kier alpha value is -3.00. The molecule has 2 aromatic carbocycles. The fraction of sp³-hybridized carbons (Fsp3) is 0.333. The van der Waals surface area contributed by atoms with Gasteiger partial charge in [-0.05, 0) is 44.1 Å². The second-order valence-electron chi connectivity index (χ2n) is 8.01. The molecule has 1 fully saturated rings. The smallest absolute Gasteiger partial charge is 0.341 e. The van der Waals surface area contributed by atoms with Crippen LogP contribution in [0.1, 0.15) is 30.4 Å². The van der Waals surface area contributed by atoms with E-state index in [9.17, 15) is 13.2 Å². The van der Waals surface area contributed by atoms with Crippen molar-refractivity contribution in [3.05, 3.63) is 77.8 Å². The van der Waals surface area contributed by atoms with Crippen LogP contribution in [0.4, 0.5) is 23.2 Å². The van der Waals surface area contributed by atoms with Crippen molar-refractivity contribution < 1.29 is 17.6 Å². The van der Waals surface area contributed by atoms with Crippen molar-refractivity contribution in [2.45, 2.75) is 32.0 Å². The van der Waals surface area contributed by atoms with Gasteiger partial charge in [0.2, 0.25) is 0 Å². The first kappa shape index (κ1) is 22.2. The summed E-state index contributed by atoms with van der Waals surface area (Å²) in [5.74, 6) is -0.200. The summed E-state index contributed by atoms with van der Waals surface area (Å²) in [6.07, 6.45) is -3.06. The van der Waals surface area contributed by atoms with Gasteiger partial charge in [0.25, 0.3) is 0 Å². The number of piperidine rings is 1. The Morgan fingerprint density at radius 1 is 1.06 bits per heavy atom. The molecule has 0 bridgehead atoms. The maximum atomic E-state index is 15.0. The third kappa shape index (κ3) is 4.91. The number of para-hydroxylation sites is 1. The van der Waals surface area contributed by atoms with Crippen LogP contribution in [0.25, 0.3) is 0 Å². The maximum absolute atomic E-state index is 15.0. The number of nitrogens with zero attached hydrogens (tertiary/aromatic N) is 3. The van der Waals surface area contributed by atoms with E-state index >= 15 is 4.39 Å². The van der Waals surface area contributed by atoms with E-state index in [1.165, 1.54) is 6.07 Å². The van der Waals surface area contributed by atoms with E-state index in [0.717, 1.165) is 37.3 Å². The second kappa shape index (κ2) is 9.24. The summed E-state index contributed by atoms with van der Waals surface area (Å²) >= 11 is 0. The van der Waals surface area contributed by atoms with E-state index < -0.39 is 24.1 Å². The minimum atomic E-state index is -4.53. The van der Waals surface area contributed by atoms with Crippen molar-refractivity contribution >= 4 is 17.1 Å². The standard InChI is InChI=1S/C24H24F4N4/c1-16(17-9-11-29-12-10-17)32(20-5-3-2-4-6-20)15-19-8-7-18(13-21(19)25)22-14-23(31-30-22)24(26,27)28/h2-8,13,17,29H,1,9-12,14-15H2. The van der Waals surface area contributed by atoms with E-state index in [4.69, 9.17) is 0 Å². The zero-order valence-corrected chi connectivity index (χ0v) is 17.5. The molecule has 0 atom stereocenters. The molecule has 2 aromatic rings. The van der Waals surface area contributed by atoms with Gasteiger partial charge >= 0.3 is 6.18 Å². The predicted molar refractivity (Wildman–Crippen MR) is 118 cm³/mol. The average molecular weight is 444 g/mol. The van der Waals surface area contributed by atoms with Crippen molar-refractivity contribution in [1.29, 1.82) is 0 Å². The van der Waals surface area contributed by atoms with Gasteiger partial charge in [0.1, 0.15) is 11.5 Å². The molecule has 8 heteroatoms. The first-order valence-electron chi connectivity index (χ1n) is 10.5. The lowest BCUT2D eigenvalue weighted by atomic mass is 9.93. The molecule has 0 spiro atoms. The zero-order chi connectivity index (χ0) is 22.7. The van der Waals surface area contributed by atoms with Crippen molar-refractivity contribution in [1.82, 2.24) is 5.32 Å². The fourth-order valence-electron chi connectivity index (χ4n) is 4.03. The molecule has 0 saturated carbocycles. The van der Waals surface area contributed by atoms with Crippen molar-refractivity contribution in [2.24, 2.45) is 16.1 Å². The second-order valence-corrected chi connectivity index (χ2v) is 8.01. The van der Waals surface area contributed by atoms with Crippen LogP contribution in [0.5, 0.6) is 0 Å². The lowest BCUT2D eigenvalue weighted by Gasteiger charge is -2.34. The molecule has 168 valence electrons. The van der Waals surface area contributed by atoms with Crippen LogP contribution in [0.3, 0.4) is 0 Å². The number of hydrogen-bond donors (Lipinski definition) is 1. The van der Waals surface area contributed by atoms with E-state index in [-0.39, 0.29) is 12.3 Å². The fourth-order valence-corrected chi connectivity index (χ4v) is 4.03. The topological polar surface area (TPSA) is 40.0 Å². The Balaban J connectivity index is 1.54. The molecule has 2 aliphatic heterocycles. The number of nitrogens with one attached hydrogen (secondary N) is 1. The molecule has 1 saturated heterocycles. The van der Waals surface area contributed by atoms with E-state index in [2.05, 4.69) is 22.1 Å². The Labute approximate surface area is 184 Å². The lowest BCUT2D eigenvalue weighted by molar-refractivity contribution is -0.0596. The summed E-state index contributed by atoms with van der Waals surface area (Å²) in [7, 11) is 0. The molecule has 0 unspecified atom stereocenters.